The molecule has 3 aromatic rings. The second-order valence-corrected chi connectivity index (χ2v) is 10.3. The number of allylic oxidation sites excluding steroid dienone is 1. The van der Waals surface area contributed by atoms with E-state index in [1.54, 1.807) is 37.1 Å². The Labute approximate surface area is 241 Å². The summed E-state index contributed by atoms with van der Waals surface area (Å²) in [5.74, 6) is -0.175. The first-order valence-electron chi connectivity index (χ1n) is 14.1. The number of Topliss-reactive ketones (excluding diaryl/α,β-unsaturated/α-hetero) is 1. The third-order valence-corrected chi connectivity index (χ3v) is 7.62. The van der Waals surface area contributed by atoms with Crippen molar-refractivity contribution in [3.05, 3.63) is 90.3 Å². The number of methoxy groups -OCH3 is 1. The summed E-state index contributed by atoms with van der Waals surface area (Å²) in [7, 11) is 3.23. The molecule has 4 N–H and O–H groups in total. The topological polar surface area (TPSA) is 113 Å². The number of nitrogens with two attached hydrogens (primary N) is 1. The van der Waals surface area contributed by atoms with Crippen LogP contribution in [-0.2, 0) is 11.2 Å². The molecular formula is C32H41N5O4. The number of rotatable bonds is 12. The molecule has 2 heterocycles. The van der Waals surface area contributed by atoms with Crippen molar-refractivity contribution in [3.63, 3.8) is 0 Å². The summed E-state index contributed by atoms with van der Waals surface area (Å²) >= 11 is 0. The summed E-state index contributed by atoms with van der Waals surface area (Å²) in [5, 5.41) is 13.2. The highest BCUT2D eigenvalue weighted by Crippen LogP contribution is 2.26. The van der Waals surface area contributed by atoms with Crippen molar-refractivity contribution in [1.82, 2.24) is 14.8 Å². The van der Waals surface area contributed by atoms with E-state index < -0.39 is 6.04 Å². The van der Waals surface area contributed by atoms with Crippen LogP contribution in [-0.4, -0.2) is 85.5 Å². The maximum absolute atomic E-state index is 13.3. The number of nitrogens with zero attached hydrogens (tertiary/aromatic N) is 3. The molecule has 1 aliphatic rings. The quantitative estimate of drug-likeness (QED) is 0.230. The lowest BCUT2D eigenvalue weighted by atomic mass is 10.0. The van der Waals surface area contributed by atoms with Gasteiger partial charge in [0.25, 0.3) is 0 Å². The van der Waals surface area contributed by atoms with E-state index in [-0.39, 0.29) is 17.9 Å². The largest absolute Gasteiger partial charge is 0.393 e. The Hall–Kier alpha value is -3.76. The highest BCUT2D eigenvalue weighted by atomic mass is 16.5. The number of carbonyl (C=O) groups excluding carboxylic acids is 2. The van der Waals surface area contributed by atoms with Crippen LogP contribution in [0.3, 0.4) is 0 Å². The number of likely N-dealkylation sites (tertiary alicyclic amines) is 1. The second kappa shape index (κ2) is 14.2. The molecular weight excluding hydrogens is 518 g/mol. The number of aromatic nitrogens is 1. The number of hydrogen-bond acceptors (Lipinski definition) is 7. The minimum Gasteiger partial charge on any atom is -0.393 e. The molecule has 1 saturated heterocycles. The highest BCUT2D eigenvalue weighted by molar-refractivity contribution is 6.01. The molecule has 0 aliphatic carbocycles. The van der Waals surface area contributed by atoms with Gasteiger partial charge < -0.3 is 30.7 Å². The molecule has 0 bridgehead atoms. The lowest BCUT2D eigenvalue weighted by Gasteiger charge is -2.29. The number of aliphatic hydroxyl groups excluding tert-OH is 1. The van der Waals surface area contributed by atoms with Crippen LogP contribution in [0.1, 0.15) is 28.8 Å². The molecule has 1 amide bonds. The van der Waals surface area contributed by atoms with Crippen LogP contribution < -0.4 is 16.0 Å². The number of carbonyl (C=O) groups is 2. The van der Waals surface area contributed by atoms with Gasteiger partial charge in [-0.3, -0.25) is 9.36 Å². The first-order chi connectivity index (χ1) is 19.8. The van der Waals surface area contributed by atoms with Crippen LogP contribution in [0.15, 0.2) is 79.2 Å². The molecule has 0 saturated carbocycles. The Balaban J connectivity index is 1.48. The van der Waals surface area contributed by atoms with Crippen LogP contribution in [0.5, 0.6) is 0 Å². The number of piperidine rings is 1. The molecule has 1 atom stereocenters. The summed E-state index contributed by atoms with van der Waals surface area (Å²) in [4.78, 5) is 29.8. The fourth-order valence-electron chi connectivity index (χ4n) is 5.17. The van der Waals surface area contributed by atoms with Crippen molar-refractivity contribution in [3.8, 4) is 0 Å². The number of hydrogen-bond donors (Lipinski definition) is 3. The summed E-state index contributed by atoms with van der Waals surface area (Å²) in [6.45, 7) is 7.72. The maximum Gasteiger partial charge on any atom is 0.325 e. The Morgan fingerprint density at radius 3 is 2.59 bits per heavy atom. The van der Waals surface area contributed by atoms with Crippen LogP contribution in [0, 0.1) is 0 Å². The summed E-state index contributed by atoms with van der Waals surface area (Å²) in [5.41, 5.74) is 10.5. The normalized spacial score (nSPS) is 15.6. The minimum atomic E-state index is -0.864. The number of fused-ring (bicyclic) bond motifs is 1. The molecule has 9 nitrogen and oxygen atoms in total. The molecule has 1 aromatic heterocycles. The van der Waals surface area contributed by atoms with Gasteiger partial charge in [-0.2, -0.15) is 0 Å². The van der Waals surface area contributed by atoms with Crippen molar-refractivity contribution in [2.75, 3.05) is 51.8 Å². The van der Waals surface area contributed by atoms with E-state index in [0.717, 1.165) is 61.1 Å². The Morgan fingerprint density at radius 2 is 1.93 bits per heavy atom. The van der Waals surface area contributed by atoms with Crippen LogP contribution in [0.25, 0.3) is 10.9 Å². The Kier molecular flexibility index (Phi) is 10.5. The van der Waals surface area contributed by atoms with Gasteiger partial charge in [0.1, 0.15) is 0 Å². The van der Waals surface area contributed by atoms with Gasteiger partial charge in [-0.05, 0) is 61.2 Å². The summed E-state index contributed by atoms with van der Waals surface area (Å²) < 4.78 is 6.91. The molecule has 1 unspecified atom stereocenters. The fraction of sp³-hybridized carbons (Fsp3) is 0.375. The summed E-state index contributed by atoms with van der Waals surface area (Å²) in [6, 6.07) is 14.3. The minimum absolute atomic E-state index is 0.171. The molecule has 1 fully saturated rings. The number of aliphatic hydroxyl groups is 1. The van der Waals surface area contributed by atoms with Crippen molar-refractivity contribution >= 4 is 28.4 Å². The van der Waals surface area contributed by atoms with Gasteiger partial charge in [-0.25, -0.2) is 4.79 Å². The number of ether oxygens (including phenoxy) is 1. The number of nitrogens with one attached hydrogen (secondary N) is 1. The van der Waals surface area contributed by atoms with Crippen molar-refractivity contribution < 1.29 is 19.4 Å². The van der Waals surface area contributed by atoms with E-state index in [1.807, 2.05) is 53.4 Å². The van der Waals surface area contributed by atoms with Crippen molar-refractivity contribution in [2.45, 2.75) is 31.4 Å². The van der Waals surface area contributed by atoms with Gasteiger partial charge in [-0.15, -0.1) is 0 Å². The van der Waals surface area contributed by atoms with Gasteiger partial charge in [0.15, 0.2) is 5.78 Å². The lowest BCUT2D eigenvalue weighted by Crippen LogP contribution is -2.37. The van der Waals surface area contributed by atoms with E-state index in [1.165, 1.54) is 0 Å². The van der Waals surface area contributed by atoms with E-state index in [0.29, 0.717) is 24.4 Å². The number of benzene rings is 2. The van der Waals surface area contributed by atoms with Gasteiger partial charge in [0.05, 0.1) is 24.3 Å². The molecule has 0 radical (unpaired) electrons. The molecule has 0 spiro atoms. The van der Waals surface area contributed by atoms with Crippen molar-refractivity contribution in [1.29, 1.82) is 0 Å². The summed E-state index contributed by atoms with van der Waals surface area (Å²) in [6.07, 6.45) is 7.52. The van der Waals surface area contributed by atoms with Gasteiger partial charge in [0, 0.05) is 68.9 Å². The molecule has 41 heavy (non-hydrogen) atoms. The second-order valence-electron chi connectivity index (χ2n) is 10.3. The molecule has 2 aromatic carbocycles. The van der Waals surface area contributed by atoms with Gasteiger partial charge >= 0.3 is 6.03 Å². The number of anilines is 1. The van der Waals surface area contributed by atoms with Crippen LogP contribution in [0.4, 0.5) is 10.5 Å². The zero-order valence-corrected chi connectivity index (χ0v) is 24.0. The van der Waals surface area contributed by atoms with Crippen LogP contribution >= 0.6 is 0 Å². The third kappa shape index (κ3) is 7.51. The van der Waals surface area contributed by atoms with E-state index >= 15 is 0 Å². The highest BCUT2D eigenvalue weighted by Gasteiger charge is 2.19. The molecule has 9 heteroatoms. The smallest absolute Gasteiger partial charge is 0.325 e. The molecule has 1 aliphatic heterocycles. The first-order valence-corrected chi connectivity index (χ1v) is 14.1. The standard InChI is InChI=1S/C32H41N5O4/c1-4-26(36(19-20-41-3)27-9-10-30-25(21-27)12-18-37(30)32(40)34-2)22-29(33)31(39)24-7-5-23(6-8-24)11-15-35-16-13-28(38)14-17-35/h4-10,12,18,21-22,28-29,38H,1,11,13-17,19-20,33H2,2-3H3,(H,34,40)/b26-22+. The number of ketones is 1. The van der Waals surface area contributed by atoms with Gasteiger partial charge in [-0.1, -0.05) is 30.8 Å². The first kappa shape index (κ1) is 30.2. The predicted molar refractivity (Wildman–Crippen MR) is 163 cm³/mol. The lowest BCUT2D eigenvalue weighted by molar-refractivity contribution is 0.0832. The number of amides is 1. The average molecular weight is 560 g/mol. The predicted octanol–water partition coefficient (Wildman–Crippen LogP) is 3.56. The fourth-order valence-corrected chi connectivity index (χ4v) is 5.17. The van der Waals surface area contributed by atoms with Crippen molar-refractivity contribution in [2.24, 2.45) is 5.73 Å². The zero-order chi connectivity index (χ0) is 29.4. The van der Waals surface area contributed by atoms with E-state index in [9.17, 15) is 14.7 Å². The molecule has 4 rings (SSSR count). The van der Waals surface area contributed by atoms with E-state index in [4.69, 9.17) is 10.5 Å². The van der Waals surface area contributed by atoms with Gasteiger partial charge in [0.2, 0.25) is 0 Å². The molecule has 218 valence electrons. The van der Waals surface area contributed by atoms with E-state index in [2.05, 4.69) is 16.8 Å². The maximum atomic E-state index is 13.3. The van der Waals surface area contributed by atoms with Crippen LogP contribution in [0.2, 0.25) is 0 Å². The Bertz CT molecular complexity index is 1370. The average Bonchev–Trinajstić information content (AvgIpc) is 3.43. The Morgan fingerprint density at radius 1 is 1.20 bits per heavy atom. The SMILES string of the molecule is C=C/C(=C\C(N)C(=O)c1ccc(CCN2CCC(O)CC2)cc1)N(CCOC)c1ccc2c(ccn2C(=O)NC)c1. The zero-order valence-electron chi connectivity index (χ0n) is 24.0. The monoisotopic (exact) mass is 559 g/mol. The third-order valence-electron chi connectivity index (χ3n) is 7.62.